The molecule has 2 rings (SSSR count). The molecule has 0 aromatic carbocycles. The van der Waals surface area contributed by atoms with Gasteiger partial charge in [-0.3, -0.25) is 0 Å². The van der Waals surface area contributed by atoms with E-state index < -0.39 is 0 Å². The third kappa shape index (κ3) is 5.65. The van der Waals surface area contributed by atoms with Crippen LogP contribution in [0.3, 0.4) is 0 Å². The molecule has 0 amide bonds. The molecule has 4 nitrogen and oxygen atoms in total. The Morgan fingerprint density at radius 3 is 2.78 bits per heavy atom. The zero-order valence-corrected chi connectivity index (χ0v) is 11.4. The summed E-state index contributed by atoms with van der Waals surface area (Å²) in [5, 5.41) is 3.52. The van der Waals surface area contributed by atoms with Crippen LogP contribution < -0.4 is 5.32 Å². The third-order valence-electron chi connectivity index (χ3n) is 3.74. The Kier molecular flexibility index (Phi) is 7.01. The molecule has 1 atom stereocenters. The molecular weight excluding hydrogens is 230 g/mol. The van der Waals surface area contributed by atoms with Gasteiger partial charge in [0, 0.05) is 26.4 Å². The van der Waals surface area contributed by atoms with Crippen molar-refractivity contribution in [2.24, 2.45) is 5.92 Å². The van der Waals surface area contributed by atoms with Crippen LogP contribution >= 0.6 is 0 Å². The SMILES string of the molecule is C(CNCC1CCOCC1)COCC1CCCO1. The van der Waals surface area contributed by atoms with Gasteiger partial charge in [-0.25, -0.2) is 0 Å². The second-order valence-electron chi connectivity index (χ2n) is 5.32. The number of nitrogens with one attached hydrogen (secondary N) is 1. The monoisotopic (exact) mass is 257 g/mol. The fourth-order valence-corrected chi connectivity index (χ4v) is 2.55. The molecule has 2 fully saturated rings. The standard InChI is InChI=1S/C14H27NO3/c1-3-14(18-8-1)12-17-7-2-6-15-11-13-4-9-16-10-5-13/h13-15H,1-12H2. The van der Waals surface area contributed by atoms with E-state index in [2.05, 4.69) is 5.32 Å². The summed E-state index contributed by atoms with van der Waals surface area (Å²) in [5.41, 5.74) is 0. The predicted molar refractivity (Wildman–Crippen MR) is 70.8 cm³/mol. The highest BCUT2D eigenvalue weighted by Gasteiger charge is 2.15. The first-order chi connectivity index (χ1) is 8.95. The molecule has 0 aromatic heterocycles. The summed E-state index contributed by atoms with van der Waals surface area (Å²) in [6, 6.07) is 0. The number of ether oxygens (including phenoxy) is 3. The fraction of sp³-hybridized carbons (Fsp3) is 1.00. The molecule has 0 aromatic rings. The first-order valence-corrected chi connectivity index (χ1v) is 7.43. The normalized spacial score (nSPS) is 25.7. The van der Waals surface area contributed by atoms with Crippen molar-refractivity contribution >= 4 is 0 Å². The number of hydrogen-bond acceptors (Lipinski definition) is 4. The molecule has 2 aliphatic rings. The van der Waals surface area contributed by atoms with E-state index in [-0.39, 0.29) is 0 Å². The Balaban J connectivity index is 1.35. The average Bonchev–Trinajstić information content (AvgIpc) is 2.92. The van der Waals surface area contributed by atoms with Gasteiger partial charge in [0.05, 0.1) is 12.7 Å². The molecule has 0 saturated carbocycles. The van der Waals surface area contributed by atoms with Crippen molar-refractivity contribution in [3.05, 3.63) is 0 Å². The highest BCUT2D eigenvalue weighted by Crippen LogP contribution is 2.13. The zero-order chi connectivity index (χ0) is 12.5. The third-order valence-corrected chi connectivity index (χ3v) is 3.74. The predicted octanol–water partition coefficient (Wildman–Crippen LogP) is 1.59. The van der Waals surface area contributed by atoms with E-state index in [4.69, 9.17) is 14.2 Å². The van der Waals surface area contributed by atoms with Crippen LogP contribution in [0.1, 0.15) is 32.1 Å². The van der Waals surface area contributed by atoms with Gasteiger partial charge in [0.25, 0.3) is 0 Å². The smallest absolute Gasteiger partial charge is 0.0809 e. The van der Waals surface area contributed by atoms with Gasteiger partial charge < -0.3 is 19.5 Å². The molecule has 4 heteroatoms. The highest BCUT2D eigenvalue weighted by molar-refractivity contribution is 4.66. The lowest BCUT2D eigenvalue weighted by Crippen LogP contribution is -2.28. The van der Waals surface area contributed by atoms with Crippen LogP contribution in [0.2, 0.25) is 0 Å². The summed E-state index contributed by atoms with van der Waals surface area (Å²) >= 11 is 0. The van der Waals surface area contributed by atoms with Crippen molar-refractivity contribution in [1.82, 2.24) is 5.32 Å². The van der Waals surface area contributed by atoms with Crippen molar-refractivity contribution in [1.29, 1.82) is 0 Å². The molecule has 1 N–H and O–H groups in total. The Morgan fingerprint density at radius 2 is 2.00 bits per heavy atom. The van der Waals surface area contributed by atoms with E-state index in [1.807, 2.05) is 0 Å². The van der Waals surface area contributed by atoms with Crippen molar-refractivity contribution in [3.63, 3.8) is 0 Å². The van der Waals surface area contributed by atoms with Crippen LogP contribution in [-0.2, 0) is 14.2 Å². The molecule has 0 bridgehead atoms. The van der Waals surface area contributed by atoms with E-state index in [1.54, 1.807) is 0 Å². The second-order valence-corrected chi connectivity index (χ2v) is 5.32. The summed E-state index contributed by atoms with van der Waals surface area (Å²) in [7, 11) is 0. The van der Waals surface area contributed by atoms with Crippen LogP contribution in [0.15, 0.2) is 0 Å². The van der Waals surface area contributed by atoms with Crippen molar-refractivity contribution in [2.45, 2.75) is 38.2 Å². The largest absolute Gasteiger partial charge is 0.381 e. The van der Waals surface area contributed by atoms with Crippen LogP contribution in [-0.4, -0.2) is 52.2 Å². The van der Waals surface area contributed by atoms with E-state index in [1.165, 1.54) is 25.7 Å². The summed E-state index contributed by atoms with van der Waals surface area (Å²) in [6.07, 6.45) is 6.24. The van der Waals surface area contributed by atoms with E-state index in [0.29, 0.717) is 6.10 Å². The number of hydrogen-bond donors (Lipinski definition) is 1. The van der Waals surface area contributed by atoms with E-state index >= 15 is 0 Å². The van der Waals surface area contributed by atoms with E-state index in [9.17, 15) is 0 Å². The minimum Gasteiger partial charge on any atom is -0.381 e. The van der Waals surface area contributed by atoms with Crippen molar-refractivity contribution in [2.75, 3.05) is 46.1 Å². The average molecular weight is 257 g/mol. The summed E-state index contributed by atoms with van der Waals surface area (Å²) in [4.78, 5) is 0. The minimum absolute atomic E-state index is 0.361. The van der Waals surface area contributed by atoms with Crippen LogP contribution in [0, 0.1) is 5.92 Å². The summed E-state index contributed by atoms with van der Waals surface area (Å²) < 4.78 is 16.5. The van der Waals surface area contributed by atoms with Crippen LogP contribution in [0.4, 0.5) is 0 Å². The van der Waals surface area contributed by atoms with Crippen LogP contribution in [0.5, 0.6) is 0 Å². The Labute approximate surface area is 110 Å². The van der Waals surface area contributed by atoms with Gasteiger partial charge in [0.1, 0.15) is 0 Å². The molecular formula is C14H27NO3. The lowest BCUT2D eigenvalue weighted by molar-refractivity contribution is 0.0165. The van der Waals surface area contributed by atoms with Crippen molar-refractivity contribution < 1.29 is 14.2 Å². The maximum absolute atomic E-state index is 5.62. The maximum Gasteiger partial charge on any atom is 0.0809 e. The lowest BCUT2D eigenvalue weighted by Gasteiger charge is -2.22. The molecule has 2 saturated heterocycles. The topological polar surface area (TPSA) is 39.7 Å². The van der Waals surface area contributed by atoms with Crippen LogP contribution in [0.25, 0.3) is 0 Å². The van der Waals surface area contributed by atoms with Gasteiger partial charge in [-0.2, -0.15) is 0 Å². The van der Waals surface area contributed by atoms with Gasteiger partial charge in [-0.05, 0) is 51.1 Å². The quantitative estimate of drug-likeness (QED) is 0.670. The van der Waals surface area contributed by atoms with Gasteiger partial charge >= 0.3 is 0 Å². The molecule has 18 heavy (non-hydrogen) atoms. The molecule has 0 radical (unpaired) electrons. The minimum atomic E-state index is 0.361. The molecule has 2 aliphatic heterocycles. The van der Waals surface area contributed by atoms with Gasteiger partial charge in [0.2, 0.25) is 0 Å². The summed E-state index contributed by atoms with van der Waals surface area (Å²) in [5.74, 6) is 0.812. The van der Waals surface area contributed by atoms with Crippen molar-refractivity contribution in [3.8, 4) is 0 Å². The van der Waals surface area contributed by atoms with E-state index in [0.717, 1.165) is 58.5 Å². The van der Waals surface area contributed by atoms with Gasteiger partial charge in [0.15, 0.2) is 0 Å². The first-order valence-electron chi connectivity index (χ1n) is 7.43. The molecule has 0 aliphatic carbocycles. The Bertz CT molecular complexity index is 201. The molecule has 106 valence electrons. The lowest BCUT2D eigenvalue weighted by atomic mass is 10.0. The molecule has 2 heterocycles. The summed E-state index contributed by atoms with van der Waals surface area (Å²) in [6.45, 7) is 6.62. The van der Waals surface area contributed by atoms with Gasteiger partial charge in [-0.15, -0.1) is 0 Å². The van der Waals surface area contributed by atoms with Gasteiger partial charge in [-0.1, -0.05) is 0 Å². The zero-order valence-electron chi connectivity index (χ0n) is 11.4. The second kappa shape index (κ2) is 8.86. The first kappa shape index (κ1) is 14.3. The fourth-order valence-electron chi connectivity index (χ4n) is 2.55. The Hall–Kier alpha value is -0.160. The molecule has 0 spiro atoms. The highest BCUT2D eigenvalue weighted by atomic mass is 16.5. The number of rotatable bonds is 8. The Morgan fingerprint density at radius 1 is 1.11 bits per heavy atom. The maximum atomic E-state index is 5.62. The molecule has 1 unspecified atom stereocenters.